The van der Waals surface area contributed by atoms with E-state index in [0.717, 1.165) is 4.83 Å². The van der Waals surface area contributed by atoms with Gasteiger partial charge in [0.15, 0.2) is 0 Å². The van der Waals surface area contributed by atoms with E-state index in [2.05, 4.69) is 41.9 Å². The molecule has 0 rings (SSSR count). The summed E-state index contributed by atoms with van der Waals surface area (Å²) in [6.45, 7) is 4.47. The van der Waals surface area contributed by atoms with Gasteiger partial charge >= 0.3 is 0 Å². The topological polar surface area (TPSA) is 0 Å². The van der Waals surface area contributed by atoms with E-state index >= 15 is 0 Å². The molecule has 0 aliphatic heterocycles. The average Bonchev–Trinajstić information content (AvgIpc) is 2.11. The van der Waals surface area contributed by atoms with E-state index in [4.69, 9.17) is 0 Å². The number of allylic oxidation sites excluding steroid dienone is 2. The minimum absolute atomic E-state index is 0.747. The highest BCUT2D eigenvalue weighted by atomic mass is 79.9. The molecule has 0 aromatic carbocycles. The van der Waals surface area contributed by atoms with Gasteiger partial charge in [0, 0.05) is 4.83 Å². The lowest BCUT2D eigenvalue weighted by Crippen LogP contribution is -1.95. The smallest absolute Gasteiger partial charge is 0.0145 e. The summed E-state index contributed by atoms with van der Waals surface area (Å²) >= 11 is 3.70. The van der Waals surface area contributed by atoms with Crippen molar-refractivity contribution in [3.8, 4) is 0 Å². The van der Waals surface area contributed by atoms with Crippen molar-refractivity contribution in [2.45, 2.75) is 63.6 Å². The second kappa shape index (κ2) is 10.3. The highest BCUT2D eigenvalue weighted by molar-refractivity contribution is 9.09. The largest absolute Gasteiger partial charge is 0.0891 e. The first-order chi connectivity index (χ1) is 6.31. The normalized spacial score (nSPS) is 13.8. The van der Waals surface area contributed by atoms with Crippen LogP contribution >= 0.6 is 15.9 Å². The Bertz CT molecular complexity index is 118. The van der Waals surface area contributed by atoms with Crippen LogP contribution in [-0.4, -0.2) is 4.83 Å². The van der Waals surface area contributed by atoms with Gasteiger partial charge in [-0.25, -0.2) is 0 Å². The van der Waals surface area contributed by atoms with E-state index in [1.807, 2.05) is 0 Å². The Morgan fingerprint density at radius 2 is 1.69 bits per heavy atom. The van der Waals surface area contributed by atoms with Crippen LogP contribution < -0.4 is 0 Å². The van der Waals surface area contributed by atoms with Gasteiger partial charge in [-0.05, 0) is 32.1 Å². The van der Waals surface area contributed by atoms with Crippen LogP contribution in [-0.2, 0) is 0 Å². The summed E-state index contributed by atoms with van der Waals surface area (Å²) < 4.78 is 0. The lowest BCUT2D eigenvalue weighted by atomic mass is 10.1. The molecule has 0 aromatic heterocycles. The van der Waals surface area contributed by atoms with Gasteiger partial charge in [0.25, 0.3) is 0 Å². The summed E-state index contributed by atoms with van der Waals surface area (Å²) in [7, 11) is 0. The van der Waals surface area contributed by atoms with E-state index in [1.165, 1.54) is 44.9 Å². The van der Waals surface area contributed by atoms with Gasteiger partial charge in [-0.3, -0.25) is 0 Å². The third kappa shape index (κ3) is 10.1. The predicted molar refractivity (Wildman–Crippen MR) is 65.5 cm³/mol. The molecule has 0 saturated heterocycles. The molecule has 0 fully saturated rings. The zero-order valence-electron chi connectivity index (χ0n) is 9.06. The van der Waals surface area contributed by atoms with Crippen molar-refractivity contribution in [1.29, 1.82) is 0 Å². The molecule has 0 aliphatic rings. The molecule has 78 valence electrons. The van der Waals surface area contributed by atoms with E-state index in [1.54, 1.807) is 0 Å². The Kier molecular flexibility index (Phi) is 10.5. The van der Waals surface area contributed by atoms with E-state index in [9.17, 15) is 0 Å². The lowest BCUT2D eigenvalue weighted by molar-refractivity contribution is 0.660. The summed E-state index contributed by atoms with van der Waals surface area (Å²) in [4.78, 5) is 0.747. The van der Waals surface area contributed by atoms with Crippen molar-refractivity contribution < 1.29 is 0 Å². The predicted octanol–water partition coefficient (Wildman–Crippen LogP) is 5.08. The van der Waals surface area contributed by atoms with Gasteiger partial charge in [-0.15, -0.1) is 0 Å². The third-order valence-electron chi connectivity index (χ3n) is 2.11. The Labute approximate surface area is 91.9 Å². The second-order valence-corrected chi connectivity index (χ2v) is 4.87. The molecule has 1 heteroatoms. The summed E-state index contributed by atoms with van der Waals surface area (Å²) in [5, 5.41) is 0. The Hall–Kier alpha value is 0.220. The van der Waals surface area contributed by atoms with Crippen molar-refractivity contribution in [2.75, 3.05) is 0 Å². The molecular formula is C12H23Br. The summed E-state index contributed by atoms with van der Waals surface area (Å²) in [6, 6.07) is 0. The van der Waals surface area contributed by atoms with Crippen LogP contribution in [0.5, 0.6) is 0 Å². The first kappa shape index (κ1) is 13.2. The van der Waals surface area contributed by atoms with Crippen LogP contribution in [0.25, 0.3) is 0 Å². The summed E-state index contributed by atoms with van der Waals surface area (Å²) in [5.74, 6) is 0. The highest BCUT2D eigenvalue weighted by Crippen LogP contribution is 2.15. The molecule has 0 bridgehead atoms. The molecule has 1 atom stereocenters. The van der Waals surface area contributed by atoms with Crippen LogP contribution in [0, 0.1) is 0 Å². The van der Waals surface area contributed by atoms with Crippen molar-refractivity contribution in [1.82, 2.24) is 0 Å². The first-order valence-corrected chi connectivity index (χ1v) is 6.51. The van der Waals surface area contributed by atoms with Crippen molar-refractivity contribution >= 4 is 15.9 Å². The van der Waals surface area contributed by atoms with E-state index < -0.39 is 0 Å². The zero-order valence-corrected chi connectivity index (χ0v) is 10.6. The van der Waals surface area contributed by atoms with Crippen LogP contribution in [0.2, 0.25) is 0 Å². The van der Waals surface area contributed by atoms with Crippen LogP contribution in [0.4, 0.5) is 0 Å². The van der Waals surface area contributed by atoms with Gasteiger partial charge in [-0.1, -0.05) is 54.8 Å². The number of alkyl halides is 1. The SMILES string of the molecule is CCCC=CCCCC(Br)CCC. The highest BCUT2D eigenvalue weighted by Gasteiger charge is 2.00. The fourth-order valence-corrected chi connectivity index (χ4v) is 2.10. The minimum atomic E-state index is 0.747. The van der Waals surface area contributed by atoms with Gasteiger partial charge in [0.05, 0.1) is 0 Å². The lowest BCUT2D eigenvalue weighted by Gasteiger charge is -2.05. The molecule has 0 amide bonds. The Balaban J connectivity index is 3.15. The molecule has 0 radical (unpaired) electrons. The van der Waals surface area contributed by atoms with Gasteiger partial charge in [0.2, 0.25) is 0 Å². The van der Waals surface area contributed by atoms with E-state index in [0.29, 0.717) is 0 Å². The quantitative estimate of drug-likeness (QED) is 0.319. The number of halogens is 1. The number of hydrogen-bond acceptors (Lipinski definition) is 0. The van der Waals surface area contributed by atoms with Gasteiger partial charge in [0.1, 0.15) is 0 Å². The summed E-state index contributed by atoms with van der Waals surface area (Å²) in [6.07, 6.45) is 13.7. The average molecular weight is 247 g/mol. The minimum Gasteiger partial charge on any atom is -0.0891 e. The number of unbranched alkanes of at least 4 members (excludes halogenated alkanes) is 2. The molecule has 0 spiro atoms. The fourth-order valence-electron chi connectivity index (χ4n) is 1.32. The van der Waals surface area contributed by atoms with Gasteiger partial charge in [-0.2, -0.15) is 0 Å². The Morgan fingerprint density at radius 3 is 2.31 bits per heavy atom. The maximum Gasteiger partial charge on any atom is 0.0145 e. The van der Waals surface area contributed by atoms with Crippen LogP contribution in [0.15, 0.2) is 12.2 Å². The molecule has 1 unspecified atom stereocenters. The maximum absolute atomic E-state index is 3.70. The third-order valence-corrected chi connectivity index (χ3v) is 3.03. The van der Waals surface area contributed by atoms with Crippen molar-refractivity contribution in [3.63, 3.8) is 0 Å². The monoisotopic (exact) mass is 246 g/mol. The Morgan fingerprint density at radius 1 is 1.00 bits per heavy atom. The van der Waals surface area contributed by atoms with Crippen molar-refractivity contribution in [3.05, 3.63) is 12.2 Å². The molecule has 0 saturated carbocycles. The molecule has 0 aliphatic carbocycles. The van der Waals surface area contributed by atoms with Gasteiger partial charge < -0.3 is 0 Å². The molecule has 0 heterocycles. The van der Waals surface area contributed by atoms with Crippen LogP contribution in [0.1, 0.15) is 58.8 Å². The van der Waals surface area contributed by atoms with Crippen molar-refractivity contribution in [2.24, 2.45) is 0 Å². The first-order valence-electron chi connectivity index (χ1n) is 5.60. The number of rotatable bonds is 8. The molecule has 0 aromatic rings. The summed E-state index contributed by atoms with van der Waals surface area (Å²) in [5.41, 5.74) is 0. The standard InChI is InChI=1S/C12H23Br/c1-3-5-6-7-8-9-11-12(13)10-4-2/h6-7,12H,3-5,8-11H2,1-2H3. The maximum atomic E-state index is 3.70. The van der Waals surface area contributed by atoms with E-state index in [-0.39, 0.29) is 0 Å². The number of hydrogen-bond donors (Lipinski definition) is 0. The second-order valence-electron chi connectivity index (χ2n) is 3.58. The van der Waals surface area contributed by atoms with Crippen LogP contribution in [0.3, 0.4) is 0 Å². The molecule has 13 heavy (non-hydrogen) atoms. The zero-order chi connectivity index (χ0) is 9.94. The fraction of sp³-hybridized carbons (Fsp3) is 0.833. The molecular weight excluding hydrogens is 224 g/mol. The molecule has 0 N–H and O–H groups in total. The molecule has 0 nitrogen and oxygen atoms in total.